The Hall–Kier alpha value is -1.88. The quantitative estimate of drug-likeness (QED) is 0.657. The molecule has 0 bridgehead atoms. The fraction of sp³-hybridized carbons (Fsp3) is 0.357. The van der Waals surface area contributed by atoms with E-state index in [2.05, 4.69) is 0 Å². The van der Waals surface area contributed by atoms with Crippen molar-refractivity contribution in [1.29, 1.82) is 0 Å². The van der Waals surface area contributed by atoms with E-state index in [1.807, 2.05) is 6.92 Å². The van der Waals surface area contributed by atoms with Crippen LogP contribution in [0.15, 0.2) is 23.8 Å². The van der Waals surface area contributed by atoms with E-state index in [-0.39, 0.29) is 11.2 Å². The summed E-state index contributed by atoms with van der Waals surface area (Å²) in [6.45, 7) is 4.34. The number of hydrogen-bond acceptors (Lipinski definition) is 3. The second-order valence-electron chi connectivity index (χ2n) is 4.84. The zero-order chi connectivity index (χ0) is 14.0. The number of ether oxygens (including phenoxy) is 2. The van der Waals surface area contributed by atoms with Gasteiger partial charge in [-0.25, -0.2) is 9.18 Å². The van der Waals surface area contributed by atoms with Gasteiger partial charge in [0, 0.05) is 11.1 Å². The summed E-state index contributed by atoms with van der Waals surface area (Å²) in [5.41, 5.74) is 0.241. The topological polar surface area (TPSA) is 59.1 Å². The molecule has 1 N–H and O–H groups in total. The Morgan fingerprint density at radius 3 is 2.89 bits per heavy atom. The van der Waals surface area contributed by atoms with Crippen LogP contribution in [-0.4, -0.2) is 29.9 Å². The molecule has 5 heteroatoms. The summed E-state index contributed by atoms with van der Waals surface area (Å²) in [6.07, 6.45) is 1.39. The van der Waals surface area contributed by atoms with Crippen molar-refractivity contribution in [1.82, 2.24) is 0 Å². The molecule has 1 aromatic rings. The molecular weight excluding hydrogens is 251 g/mol. The number of carboxylic acid groups (broad SMARTS) is 1. The summed E-state index contributed by atoms with van der Waals surface area (Å²) in [5, 5.41) is 8.85. The number of hydrogen-bond donors (Lipinski definition) is 1. The lowest BCUT2D eigenvalue weighted by Gasteiger charge is -2.11. The fourth-order valence-electron chi connectivity index (χ4n) is 1.50. The normalized spacial score (nSPS) is 22.2. The summed E-state index contributed by atoms with van der Waals surface area (Å²) in [7, 11) is 0. The van der Waals surface area contributed by atoms with Gasteiger partial charge < -0.3 is 14.6 Å². The van der Waals surface area contributed by atoms with Gasteiger partial charge in [-0.05, 0) is 38.1 Å². The summed E-state index contributed by atoms with van der Waals surface area (Å²) in [6, 6.07) is 4.01. The third-order valence-electron chi connectivity index (χ3n) is 2.85. The number of epoxide rings is 1. The predicted molar refractivity (Wildman–Crippen MR) is 67.5 cm³/mol. The van der Waals surface area contributed by atoms with Crippen molar-refractivity contribution in [2.24, 2.45) is 0 Å². The van der Waals surface area contributed by atoms with E-state index >= 15 is 0 Å². The van der Waals surface area contributed by atoms with Gasteiger partial charge in [0.1, 0.15) is 23.8 Å². The Morgan fingerprint density at radius 1 is 1.63 bits per heavy atom. The van der Waals surface area contributed by atoms with Crippen LogP contribution in [0.1, 0.15) is 19.4 Å². The first-order chi connectivity index (χ1) is 8.89. The summed E-state index contributed by atoms with van der Waals surface area (Å²) in [5.74, 6) is -1.04. The predicted octanol–water partition coefficient (Wildman–Crippen LogP) is 2.48. The zero-order valence-electron chi connectivity index (χ0n) is 10.8. The van der Waals surface area contributed by atoms with Crippen LogP contribution >= 0.6 is 0 Å². The summed E-state index contributed by atoms with van der Waals surface area (Å²) in [4.78, 5) is 10.8. The molecule has 0 aromatic heterocycles. The Morgan fingerprint density at radius 2 is 2.32 bits per heavy atom. The maximum Gasteiger partial charge on any atom is 0.331 e. The Balaban J connectivity index is 2.22. The van der Waals surface area contributed by atoms with Crippen molar-refractivity contribution < 1.29 is 23.8 Å². The number of benzene rings is 1. The Kier molecular flexibility index (Phi) is 3.57. The molecule has 1 fully saturated rings. The molecule has 0 radical (unpaired) electrons. The van der Waals surface area contributed by atoms with Gasteiger partial charge in [-0.2, -0.15) is 0 Å². The largest absolute Gasteiger partial charge is 0.490 e. The van der Waals surface area contributed by atoms with Gasteiger partial charge in [0.25, 0.3) is 0 Å². The first-order valence-electron chi connectivity index (χ1n) is 5.87. The smallest absolute Gasteiger partial charge is 0.331 e. The van der Waals surface area contributed by atoms with E-state index in [1.54, 1.807) is 0 Å². The van der Waals surface area contributed by atoms with Crippen LogP contribution in [-0.2, 0) is 9.53 Å². The van der Waals surface area contributed by atoms with Crippen LogP contribution in [0.5, 0.6) is 5.75 Å². The number of carbonyl (C=O) groups is 1. The third kappa shape index (κ3) is 3.54. The molecule has 102 valence electrons. The standard InChI is InChI=1S/C14H15FO4/c1-9(13(16)17)5-10-6-11(15)3-4-12(10)18-7-14(2)8-19-14/h3-6H,7-8H2,1-2H3,(H,16,17)/b9-5+/t14-/m0/s1. The molecule has 1 aliphatic rings. The van der Waals surface area contributed by atoms with Crippen molar-refractivity contribution in [3.05, 3.63) is 35.2 Å². The summed E-state index contributed by atoms with van der Waals surface area (Å²) < 4.78 is 24.0. The Bertz CT molecular complexity index is 532. The molecule has 1 aromatic carbocycles. The van der Waals surface area contributed by atoms with Crippen LogP contribution < -0.4 is 4.74 Å². The lowest BCUT2D eigenvalue weighted by atomic mass is 10.1. The van der Waals surface area contributed by atoms with E-state index in [9.17, 15) is 9.18 Å². The van der Waals surface area contributed by atoms with Crippen molar-refractivity contribution >= 4 is 12.0 Å². The fourth-order valence-corrected chi connectivity index (χ4v) is 1.50. The van der Waals surface area contributed by atoms with Crippen molar-refractivity contribution in [3.8, 4) is 5.75 Å². The van der Waals surface area contributed by atoms with Gasteiger partial charge in [0.05, 0.1) is 6.61 Å². The maximum absolute atomic E-state index is 13.2. The van der Waals surface area contributed by atoms with Gasteiger partial charge in [0.15, 0.2) is 0 Å². The molecule has 0 unspecified atom stereocenters. The van der Waals surface area contributed by atoms with Gasteiger partial charge in [-0.3, -0.25) is 0 Å². The lowest BCUT2D eigenvalue weighted by molar-refractivity contribution is -0.132. The average Bonchev–Trinajstić information content (AvgIpc) is 3.06. The molecule has 1 saturated heterocycles. The minimum Gasteiger partial charge on any atom is -0.490 e. The highest BCUT2D eigenvalue weighted by Gasteiger charge is 2.40. The molecule has 19 heavy (non-hydrogen) atoms. The zero-order valence-corrected chi connectivity index (χ0v) is 10.8. The second-order valence-corrected chi connectivity index (χ2v) is 4.84. The first-order valence-corrected chi connectivity index (χ1v) is 5.87. The van der Waals surface area contributed by atoms with Crippen LogP contribution in [0.2, 0.25) is 0 Å². The highest BCUT2D eigenvalue weighted by Crippen LogP contribution is 2.29. The number of rotatable bonds is 5. The average molecular weight is 266 g/mol. The van der Waals surface area contributed by atoms with Crippen molar-refractivity contribution in [2.45, 2.75) is 19.4 Å². The van der Waals surface area contributed by atoms with E-state index in [1.165, 1.54) is 31.2 Å². The molecule has 0 aliphatic carbocycles. The Labute approximate surface area is 110 Å². The second kappa shape index (κ2) is 5.01. The van der Waals surface area contributed by atoms with E-state index in [0.29, 0.717) is 24.5 Å². The minimum atomic E-state index is -1.05. The maximum atomic E-state index is 13.2. The third-order valence-corrected chi connectivity index (χ3v) is 2.85. The molecular formula is C14H15FO4. The van der Waals surface area contributed by atoms with Gasteiger partial charge in [0.2, 0.25) is 0 Å². The molecule has 0 spiro atoms. The highest BCUT2D eigenvalue weighted by atomic mass is 19.1. The van der Waals surface area contributed by atoms with Gasteiger partial charge in [-0.15, -0.1) is 0 Å². The number of carboxylic acids is 1. The van der Waals surface area contributed by atoms with Crippen molar-refractivity contribution in [2.75, 3.05) is 13.2 Å². The van der Waals surface area contributed by atoms with Crippen LogP contribution in [0.25, 0.3) is 6.08 Å². The number of halogens is 1. The van der Waals surface area contributed by atoms with E-state index in [4.69, 9.17) is 14.6 Å². The molecule has 2 rings (SSSR count). The first kappa shape index (κ1) is 13.5. The monoisotopic (exact) mass is 266 g/mol. The summed E-state index contributed by atoms with van der Waals surface area (Å²) >= 11 is 0. The molecule has 1 atom stereocenters. The molecule has 1 aliphatic heterocycles. The van der Waals surface area contributed by atoms with Crippen LogP contribution in [0.4, 0.5) is 4.39 Å². The molecule has 0 saturated carbocycles. The van der Waals surface area contributed by atoms with Gasteiger partial charge in [-0.1, -0.05) is 0 Å². The van der Waals surface area contributed by atoms with E-state index in [0.717, 1.165) is 0 Å². The SMILES string of the molecule is C/C(=C\c1cc(F)ccc1OC[C@@]1(C)CO1)C(=O)O. The van der Waals surface area contributed by atoms with Crippen LogP contribution in [0.3, 0.4) is 0 Å². The lowest BCUT2D eigenvalue weighted by Crippen LogP contribution is -2.17. The van der Waals surface area contributed by atoms with Crippen molar-refractivity contribution in [3.63, 3.8) is 0 Å². The molecule has 1 heterocycles. The van der Waals surface area contributed by atoms with Crippen LogP contribution in [0, 0.1) is 5.82 Å². The van der Waals surface area contributed by atoms with Gasteiger partial charge >= 0.3 is 5.97 Å². The number of aliphatic carboxylic acids is 1. The minimum absolute atomic E-state index is 0.115. The van der Waals surface area contributed by atoms with E-state index < -0.39 is 11.8 Å². The highest BCUT2D eigenvalue weighted by molar-refractivity contribution is 5.91. The molecule has 4 nitrogen and oxygen atoms in total. The molecule has 0 amide bonds.